The van der Waals surface area contributed by atoms with Gasteiger partial charge in [0, 0.05) is 5.69 Å². The fourth-order valence-electron chi connectivity index (χ4n) is 0.944. The molecule has 0 aliphatic heterocycles. The van der Waals surface area contributed by atoms with E-state index in [2.05, 4.69) is 63.7 Å². The van der Waals surface area contributed by atoms with Crippen LogP contribution in [-0.2, 0) is 0 Å². The van der Waals surface area contributed by atoms with E-state index in [0.717, 1.165) is 0 Å². The van der Waals surface area contributed by atoms with Crippen LogP contribution >= 0.6 is 63.7 Å². The molecule has 0 spiro atoms. The zero-order valence-electron chi connectivity index (χ0n) is 7.12. The van der Waals surface area contributed by atoms with Gasteiger partial charge in [0.1, 0.15) is 5.69 Å². The summed E-state index contributed by atoms with van der Waals surface area (Å²) in [4.78, 5) is 0. The third-order valence-electron chi connectivity index (χ3n) is 1.60. The van der Waals surface area contributed by atoms with Gasteiger partial charge >= 0.3 is 0 Å². The molecule has 10 heteroatoms. The summed E-state index contributed by atoms with van der Waals surface area (Å²) in [6, 6.07) is 0. The Kier molecular flexibility index (Phi) is 5.02. The molecule has 0 saturated carbocycles. The average molecular weight is 486 g/mol. The lowest BCUT2D eigenvalue weighted by atomic mass is 10.3. The molecule has 1 rings (SSSR count). The van der Waals surface area contributed by atoms with Gasteiger partial charge < -0.3 is 15.6 Å². The van der Waals surface area contributed by atoms with Gasteiger partial charge in [-0.05, 0) is 63.7 Å². The van der Waals surface area contributed by atoms with Gasteiger partial charge in [-0.3, -0.25) is 10.4 Å². The smallest absolute Gasteiger partial charge is 0.125 e. The summed E-state index contributed by atoms with van der Waals surface area (Å²) in [5.74, 6) is 0. The van der Waals surface area contributed by atoms with E-state index in [1.165, 1.54) is 0 Å². The van der Waals surface area contributed by atoms with Crippen molar-refractivity contribution in [1.82, 2.24) is 0 Å². The van der Waals surface area contributed by atoms with Crippen molar-refractivity contribution in [2.24, 2.45) is 0 Å². The van der Waals surface area contributed by atoms with Crippen molar-refractivity contribution in [1.29, 1.82) is 0 Å². The lowest BCUT2D eigenvalue weighted by Crippen LogP contribution is -2.14. The maximum Gasteiger partial charge on any atom is 0.125 e. The normalized spacial score (nSPS) is 10.5. The van der Waals surface area contributed by atoms with Crippen LogP contribution in [0.4, 0.5) is 11.4 Å². The lowest BCUT2D eigenvalue weighted by molar-refractivity contribution is 0.0283. The standard InChI is InChI=1S/C6H2Br4N2O4/c7-1-2(8)6(12(15)16)4(10)3(9)5(1)11(13)14/h13-14H/q-2. The Labute approximate surface area is 123 Å². The molecule has 90 valence electrons. The minimum absolute atomic E-state index is 0.0654. The third-order valence-corrected chi connectivity index (χ3v) is 5.75. The summed E-state index contributed by atoms with van der Waals surface area (Å²) in [5.41, 5.74) is -0.297. The van der Waals surface area contributed by atoms with E-state index in [1.54, 1.807) is 0 Å². The summed E-state index contributed by atoms with van der Waals surface area (Å²) in [6.07, 6.45) is 0. The Morgan fingerprint density at radius 3 is 1.31 bits per heavy atom. The first kappa shape index (κ1) is 14.6. The molecular formula is C6H2Br4N2O4-2. The zero-order chi connectivity index (χ0) is 12.6. The molecule has 2 N–H and O–H groups in total. The number of hydrogen-bond donors (Lipinski definition) is 2. The van der Waals surface area contributed by atoms with Crippen LogP contribution in [-0.4, -0.2) is 10.4 Å². The molecular weight excluding hydrogens is 484 g/mol. The molecule has 16 heavy (non-hydrogen) atoms. The predicted molar refractivity (Wildman–Crippen MR) is 72.5 cm³/mol. The fourth-order valence-corrected chi connectivity index (χ4v) is 3.63. The Morgan fingerprint density at radius 2 is 1.06 bits per heavy atom. The Hall–Kier alpha value is 0.580. The lowest BCUT2D eigenvalue weighted by Gasteiger charge is -2.40. The van der Waals surface area contributed by atoms with Crippen LogP contribution in [0, 0.1) is 10.4 Å². The highest BCUT2D eigenvalue weighted by molar-refractivity contribution is 9.14. The molecule has 0 unspecified atom stereocenters. The first-order valence-electron chi connectivity index (χ1n) is 3.47. The number of rotatable bonds is 2. The molecule has 1 aromatic carbocycles. The van der Waals surface area contributed by atoms with Gasteiger partial charge in [0.25, 0.3) is 0 Å². The highest BCUT2D eigenvalue weighted by Crippen LogP contribution is 2.49. The molecule has 0 saturated heterocycles. The van der Waals surface area contributed by atoms with Crippen molar-refractivity contribution in [3.8, 4) is 0 Å². The molecule has 0 aromatic heterocycles. The van der Waals surface area contributed by atoms with E-state index >= 15 is 0 Å². The second-order valence-corrected chi connectivity index (χ2v) is 5.67. The van der Waals surface area contributed by atoms with Crippen LogP contribution in [0.2, 0.25) is 0 Å². The van der Waals surface area contributed by atoms with Crippen molar-refractivity contribution < 1.29 is 10.4 Å². The summed E-state index contributed by atoms with van der Waals surface area (Å²) >= 11 is 12.0. The molecule has 1 aromatic rings. The minimum Gasteiger partial charge on any atom is -0.769 e. The highest BCUT2D eigenvalue weighted by Gasteiger charge is 2.21. The molecule has 0 fully saturated rings. The fraction of sp³-hybridized carbons (Fsp3) is 0. The monoisotopic (exact) mass is 482 g/mol. The number of halogens is 4. The number of hydrogen-bond acceptors (Lipinski definition) is 6. The molecule has 6 nitrogen and oxygen atoms in total. The van der Waals surface area contributed by atoms with Crippen molar-refractivity contribution in [3.05, 3.63) is 28.3 Å². The molecule has 0 aliphatic rings. The topological polar surface area (TPSA) is 93.1 Å². The second-order valence-electron chi connectivity index (χ2n) is 2.50. The van der Waals surface area contributed by atoms with Gasteiger partial charge in [-0.25, -0.2) is 0 Å². The second kappa shape index (κ2) is 5.48. The van der Waals surface area contributed by atoms with Crippen LogP contribution in [0.3, 0.4) is 0 Å². The van der Waals surface area contributed by atoms with Gasteiger partial charge in [-0.1, -0.05) is 0 Å². The summed E-state index contributed by atoms with van der Waals surface area (Å²) < 4.78 is 0.463. The van der Waals surface area contributed by atoms with Crippen molar-refractivity contribution >= 4 is 75.1 Å². The first-order valence-corrected chi connectivity index (χ1v) is 6.64. The molecule has 0 heterocycles. The average Bonchev–Trinajstić information content (AvgIpc) is 2.14. The quantitative estimate of drug-likeness (QED) is 0.483. The molecule has 0 aliphatic carbocycles. The Balaban J connectivity index is 3.63. The van der Waals surface area contributed by atoms with Gasteiger partial charge in [0.2, 0.25) is 0 Å². The van der Waals surface area contributed by atoms with E-state index in [0.29, 0.717) is 0 Å². The van der Waals surface area contributed by atoms with Crippen molar-refractivity contribution in [2.75, 3.05) is 10.5 Å². The van der Waals surface area contributed by atoms with Gasteiger partial charge in [0.05, 0.1) is 17.9 Å². The summed E-state index contributed by atoms with van der Waals surface area (Å²) in [6.45, 7) is 0. The van der Waals surface area contributed by atoms with Crippen molar-refractivity contribution in [3.63, 3.8) is 0 Å². The zero-order valence-corrected chi connectivity index (χ0v) is 13.5. The number of nitrogens with zero attached hydrogens (tertiary/aromatic N) is 2. The van der Waals surface area contributed by atoms with Crippen LogP contribution in [0.15, 0.2) is 17.9 Å². The summed E-state index contributed by atoms with van der Waals surface area (Å²) in [7, 11) is 0. The number of anilines is 2. The van der Waals surface area contributed by atoms with Crippen LogP contribution in [0.25, 0.3) is 0 Å². The van der Waals surface area contributed by atoms with E-state index in [4.69, 9.17) is 10.4 Å². The maximum atomic E-state index is 10.8. The summed E-state index contributed by atoms with van der Waals surface area (Å²) in [5, 5.41) is 38.8. The van der Waals surface area contributed by atoms with Crippen LogP contribution in [0.1, 0.15) is 0 Å². The number of benzene rings is 1. The third kappa shape index (κ3) is 2.53. The minimum atomic E-state index is -0.605. The van der Waals surface area contributed by atoms with Gasteiger partial charge in [-0.2, -0.15) is 0 Å². The molecule has 0 atom stereocenters. The van der Waals surface area contributed by atoms with E-state index in [9.17, 15) is 10.4 Å². The molecule has 0 radical (unpaired) electrons. The predicted octanol–water partition coefficient (Wildman–Crippen LogP) is 4.12. The van der Waals surface area contributed by atoms with E-state index < -0.39 is 5.23 Å². The largest absolute Gasteiger partial charge is 0.769 e. The van der Waals surface area contributed by atoms with Gasteiger partial charge in [0.15, 0.2) is 0 Å². The molecule has 0 amide bonds. The van der Waals surface area contributed by atoms with Crippen molar-refractivity contribution in [2.45, 2.75) is 0 Å². The Morgan fingerprint density at radius 1 is 0.750 bits per heavy atom. The highest BCUT2D eigenvalue weighted by atomic mass is 79.9. The maximum absolute atomic E-state index is 10.8. The van der Waals surface area contributed by atoms with Gasteiger partial charge in [-0.15, -0.1) is 5.23 Å². The van der Waals surface area contributed by atoms with Crippen LogP contribution in [0.5, 0.6) is 0 Å². The van der Waals surface area contributed by atoms with E-state index in [-0.39, 0.29) is 34.5 Å². The SMILES string of the molecule is [O-]N([O-])c1c(Br)c(Br)c(N(O)O)c(Br)c1Br. The Bertz CT molecular complexity index is 357. The first-order chi connectivity index (χ1) is 7.29. The van der Waals surface area contributed by atoms with E-state index in [1.807, 2.05) is 0 Å². The molecule has 0 bridgehead atoms. The van der Waals surface area contributed by atoms with Crippen LogP contribution < -0.4 is 10.5 Å².